The maximum atomic E-state index is 10.0. The molecule has 0 spiro atoms. The maximum absolute atomic E-state index is 10.0. The normalized spacial score (nSPS) is 21.4. The van der Waals surface area contributed by atoms with E-state index in [1.54, 1.807) is 5.94 Å². The van der Waals surface area contributed by atoms with E-state index < -0.39 is 8.80 Å². The van der Waals surface area contributed by atoms with Crippen molar-refractivity contribution in [1.29, 1.82) is 0 Å². The lowest BCUT2D eigenvalue weighted by atomic mass is 10.5. The van der Waals surface area contributed by atoms with Gasteiger partial charge in [-0.05, 0) is 27.2 Å². The summed E-state index contributed by atoms with van der Waals surface area (Å²) in [6.07, 6.45) is 2.03. The number of hydrogen-bond donors (Lipinski definition) is 0. The monoisotopic (exact) mass is 303 g/mol. The van der Waals surface area contributed by atoms with Crippen molar-refractivity contribution in [3.63, 3.8) is 0 Å². The fourth-order valence-corrected chi connectivity index (χ4v) is 4.72. The summed E-state index contributed by atoms with van der Waals surface area (Å²) in [5, 5.41) is 0. The summed E-state index contributed by atoms with van der Waals surface area (Å²) in [7, 11) is -2.52. The third-order valence-corrected chi connectivity index (χ3v) is 6.11. The van der Waals surface area contributed by atoms with Gasteiger partial charge in [0.25, 0.3) is 0 Å². The Morgan fingerprint density at radius 1 is 1.20 bits per heavy atom. The van der Waals surface area contributed by atoms with Gasteiger partial charge >= 0.3 is 8.80 Å². The molecule has 2 atom stereocenters. The van der Waals surface area contributed by atoms with Crippen LogP contribution in [0.5, 0.6) is 0 Å². The third kappa shape index (κ3) is 5.74. The molecule has 0 aliphatic carbocycles. The highest BCUT2D eigenvalue weighted by molar-refractivity contribution is 6.60. The van der Waals surface area contributed by atoms with E-state index in [2.05, 4.69) is 4.90 Å². The quantitative estimate of drug-likeness (QED) is 0.235. The Morgan fingerprint density at radius 2 is 1.80 bits per heavy atom. The minimum Gasteiger partial charge on any atom is -0.470 e. The highest BCUT2D eigenvalue weighted by Gasteiger charge is 2.41. The van der Waals surface area contributed by atoms with Crippen LogP contribution in [0.25, 0.3) is 0 Å². The largest absolute Gasteiger partial charge is 0.500 e. The van der Waals surface area contributed by atoms with Gasteiger partial charge in [-0.15, -0.1) is 0 Å². The Labute approximate surface area is 122 Å². The van der Waals surface area contributed by atoms with E-state index in [4.69, 9.17) is 18.0 Å². The minimum atomic E-state index is -2.52. The average Bonchev–Trinajstić information content (AvgIpc) is 3.16. The number of ether oxygens (including phenoxy) is 1. The minimum absolute atomic E-state index is 0.0267. The molecule has 0 radical (unpaired) electrons. The molecular weight excluding hydrogens is 278 g/mol. The highest BCUT2D eigenvalue weighted by Crippen LogP contribution is 2.23. The topological polar surface area (TPSA) is 57.0 Å². The van der Waals surface area contributed by atoms with Gasteiger partial charge in [0.2, 0.25) is 0 Å². The lowest BCUT2D eigenvalue weighted by molar-refractivity contribution is 0.0701. The molecule has 1 heterocycles. The van der Waals surface area contributed by atoms with Crippen LogP contribution in [0.4, 0.5) is 0 Å². The zero-order valence-electron chi connectivity index (χ0n) is 12.6. The Balaban J connectivity index is 2.33. The molecule has 0 aromatic heterocycles. The Kier molecular flexibility index (Phi) is 8.06. The number of carbonyl (C=O) groups excluding carboxylic acids is 1. The van der Waals surface area contributed by atoms with Crippen LogP contribution >= 0.6 is 0 Å². The number of rotatable bonds is 12. The van der Waals surface area contributed by atoms with Crippen molar-refractivity contribution in [1.82, 2.24) is 4.90 Å². The fraction of sp³-hybridized carbons (Fsp3) is 0.846. The molecule has 2 unspecified atom stereocenters. The average molecular weight is 303 g/mol. The smallest absolute Gasteiger partial charge is 0.470 e. The Morgan fingerprint density at radius 3 is 2.30 bits per heavy atom. The van der Waals surface area contributed by atoms with Gasteiger partial charge < -0.3 is 18.0 Å². The van der Waals surface area contributed by atoms with Crippen LogP contribution in [-0.4, -0.2) is 58.8 Å². The standard InChI is InChI=1S/C13H25NO5Si/c1-4-17-20(18-5-2,19-6-3)11-7-8-14-12-13(14)16-10-9-15/h10,13H,4-8,11-12H2,1-3H3. The lowest BCUT2D eigenvalue weighted by Gasteiger charge is -2.28. The van der Waals surface area contributed by atoms with E-state index in [9.17, 15) is 4.79 Å². The molecule has 116 valence electrons. The predicted molar refractivity (Wildman–Crippen MR) is 76.8 cm³/mol. The second-order valence-corrected chi connectivity index (χ2v) is 7.14. The Bertz CT molecular complexity index is 305. The first-order valence-corrected chi connectivity index (χ1v) is 9.15. The Hall–Kier alpha value is -0.693. The van der Waals surface area contributed by atoms with Crippen molar-refractivity contribution in [2.45, 2.75) is 39.5 Å². The van der Waals surface area contributed by atoms with E-state index in [0.717, 1.165) is 31.8 Å². The molecule has 0 saturated carbocycles. The third-order valence-electron chi connectivity index (χ3n) is 2.96. The molecule has 0 N–H and O–H groups in total. The van der Waals surface area contributed by atoms with Crippen molar-refractivity contribution < 1.29 is 22.8 Å². The van der Waals surface area contributed by atoms with E-state index >= 15 is 0 Å². The zero-order valence-corrected chi connectivity index (χ0v) is 13.6. The summed E-state index contributed by atoms with van der Waals surface area (Å²) in [4.78, 5) is 12.2. The first-order valence-electron chi connectivity index (χ1n) is 7.22. The summed E-state index contributed by atoms with van der Waals surface area (Å²) < 4.78 is 22.5. The molecular formula is C13H25NO5Si. The maximum Gasteiger partial charge on any atom is 0.500 e. The molecule has 1 aliphatic heterocycles. The van der Waals surface area contributed by atoms with Gasteiger partial charge in [0.15, 0.2) is 18.4 Å². The summed E-state index contributed by atoms with van der Waals surface area (Å²) in [5.74, 6) is 1.61. The predicted octanol–water partition coefficient (Wildman–Crippen LogP) is 1.43. The summed E-state index contributed by atoms with van der Waals surface area (Å²) in [6.45, 7) is 9.42. The van der Waals surface area contributed by atoms with Gasteiger partial charge in [-0.25, -0.2) is 4.79 Å². The van der Waals surface area contributed by atoms with Gasteiger partial charge in [0.05, 0.1) is 6.54 Å². The van der Waals surface area contributed by atoms with Crippen LogP contribution in [0.15, 0.2) is 6.26 Å². The van der Waals surface area contributed by atoms with Crippen molar-refractivity contribution in [2.75, 3.05) is 32.9 Å². The molecule has 1 saturated heterocycles. The van der Waals surface area contributed by atoms with E-state index in [0.29, 0.717) is 19.8 Å². The second-order valence-electron chi connectivity index (χ2n) is 4.41. The van der Waals surface area contributed by atoms with Gasteiger partial charge in [-0.2, -0.15) is 0 Å². The molecule has 1 aliphatic rings. The molecule has 0 aromatic rings. The highest BCUT2D eigenvalue weighted by atomic mass is 28.4. The van der Waals surface area contributed by atoms with E-state index in [1.165, 1.54) is 0 Å². The zero-order chi connectivity index (χ0) is 14.8. The van der Waals surface area contributed by atoms with Crippen LogP contribution in [0.2, 0.25) is 6.04 Å². The van der Waals surface area contributed by atoms with Gasteiger partial charge in [-0.3, -0.25) is 4.90 Å². The fourth-order valence-electron chi connectivity index (χ4n) is 2.12. The van der Waals surface area contributed by atoms with Crippen LogP contribution in [-0.2, 0) is 22.8 Å². The first-order chi connectivity index (χ1) is 9.71. The number of hydrogen-bond acceptors (Lipinski definition) is 6. The summed E-state index contributed by atoms with van der Waals surface area (Å²) in [6, 6.07) is 0.801. The molecule has 1 fully saturated rings. The van der Waals surface area contributed by atoms with Crippen molar-refractivity contribution in [3.05, 3.63) is 6.26 Å². The molecule has 6 nitrogen and oxygen atoms in total. The first kappa shape index (κ1) is 17.4. The van der Waals surface area contributed by atoms with Crippen LogP contribution in [0.1, 0.15) is 27.2 Å². The number of nitrogens with zero attached hydrogens (tertiary/aromatic N) is 1. The van der Waals surface area contributed by atoms with Gasteiger partial charge in [-0.1, -0.05) is 0 Å². The molecule has 1 rings (SSSR count). The van der Waals surface area contributed by atoms with Crippen LogP contribution in [0.3, 0.4) is 0 Å². The van der Waals surface area contributed by atoms with Crippen LogP contribution in [0, 0.1) is 0 Å². The van der Waals surface area contributed by atoms with E-state index in [1.807, 2.05) is 20.8 Å². The molecule has 0 aromatic carbocycles. The molecule has 0 amide bonds. The molecule has 0 bridgehead atoms. The van der Waals surface area contributed by atoms with Crippen molar-refractivity contribution >= 4 is 14.7 Å². The molecule has 7 heteroatoms. The summed E-state index contributed by atoms with van der Waals surface area (Å²) in [5.41, 5.74) is 0. The SMILES string of the molecule is CCO[Si](CCCN1CC1OC=C=O)(OCC)OCC. The van der Waals surface area contributed by atoms with Crippen LogP contribution < -0.4 is 0 Å². The van der Waals surface area contributed by atoms with Crippen molar-refractivity contribution in [3.8, 4) is 0 Å². The van der Waals surface area contributed by atoms with Gasteiger partial charge in [0.1, 0.15) is 0 Å². The molecule has 20 heavy (non-hydrogen) atoms. The second kappa shape index (κ2) is 9.28. The summed E-state index contributed by atoms with van der Waals surface area (Å²) >= 11 is 0. The van der Waals surface area contributed by atoms with Crippen molar-refractivity contribution in [2.24, 2.45) is 0 Å². The van der Waals surface area contributed by atoms with Gasteiger partial charge in [0, 0.05) is 32.4 Å². The lowest BCUT2D eigenvalue weighted by Crippen LogP contribution is -2.46. The van der Waals surface area contributed by atoms with E-state index in [-0.39, 0.29) is 6.23 Å².